The zero-order valence-corrected chi connectivity index (χ0v) is 15.0. The van der Waals surface area contributed by atoms with Crippen molar-refractivity contribution in [2.45, 2.75) is 26.3 Å². The van der Waals surface area contributed by atoms with Gasteiger partial charge in [-0.25, -0.2) is 9.98 Å². The van der Waals surface area contributed by atoms with Crippen molar-refractivity contribution in [2.24, 2.45) is 4.99 Å². The highest BCUT2D eigenvalue weighted by Gasteiger charge is 2.07. The molecule has 0 saturated carbocycles. The Bertz CT molecular complexity index is 728. The standard InChI is InChI=1S/C16H21N5S2/c1-3-17-15(18-8-12(2)13-4-6-22-11-13)19-9-14-10-21-5-7-23-16(21)20-14/h4-7,10-12H,3,8-9H2,1-2H3,(H2,17,18,19). The summed E-state index contributed by atoms with van der Waals surface area (Å²) in [5.41, 5.74) is 2.35. The normalized spacial score (nSPS) is 13.4. The van der Waals surface area contributed by atoms with Gasteiger partial charge >= 0.3 is 0 Å². The van der Waals surface area contributed by atoms with Crippen molar-refractivity contribution in [2.75, 3.05) is 13.1 Å². The summed E-state index contributed by atoms with van der Waals surface area (Å²) >= 11 is 3.38. The summed E-state index contributed by atoms with van der Waals surface area (Å²) in [4.78, 5) is 10.2. The highest BCUT2D eigenvalue weighted by molar-refractivity contribution is 7.15. The van der Waals surface area contributed by atoms with Gasteiger partial charge in [-0.15, -0.1) is 11.3 Å². The fourth-order valence-electron chi connectivity index (χ4n) is 2.28. The summed E-state index contributed by atoms with van der Waals surface area (Å²) < 4.78 is 2.04. The summed E-state index contributed by atoms with van der Waals surface area (Å²) in [5.74, 6) is 1.30. The summed E-state index contributed by atoms with van der Waals surface area (Å²) in [5, 5.41) is 13.1. The minimum absolute atomic E-state index is 0.461. The minimum atomic E-state index is 0.461. The summed E-state index contributed by atoms with van der Waals surface area (Å²) in [6.07, 6.45) is 4.05. The van der Waals surface area contributed by atoms with Crippen molar-refractivity contribution >= 4 is 33.6 Å². The third-order valence-corrected chi connectivity index (χ3v) is 5.05. The largest absolute Gasteiger partial charge is 0.357 e. The van der Waals surface area contributed by atoms with Crippen molar-refractivity contribution in [1.82, 2.24) is 20.0 Å². The first-order valence-corrected chi connectivity index (χ1v) is 9.54. The van der Waals surface area contributed by atoms with Crippen LogP contribution in [-0.2, 0) is 6.54 Å². The molecule has 5 nitrogen and oxygen atoms in total. The van der Waals surface area contributed by atoms with E-state index >= 15 is 0 Å². The van der Waals surface area contributed by atoms with E-state index in [1.807, 2.05) is 22.2 Å². The van der Waals surface area contributed by atoms with E-state index in [4.69, 9.17) is 0 Å². The van der Waals surface area contributed by atoms with Crippen LogP contribution < -0.4 is 10.6 Å². The van der Waals surface area contributed by atoms with Crippen molar-refractivity contribution in [1.29, 1.82) is 0 Å². The monoisotopic (exact) mass is 347 g/mol. The molecule has 3 rings (SSSR count). The predicted molar refractivity (Wildman–Crippen MR) is 98.6 cm³/mol. The molecule has 0 spiro atoms. The molecular weight excluding hydrogens is 326 g/mol. The van der Waals surface area contributed by atoms with Gasteiger partial charge in [0.1, 0.15) is 0 Å². The number of nitrogens with one attached hydrogen (secondary N) is 2. The van der Waals surface area contributed by atoms with Crippen LogP contribution in [0.5, 0.6) is 0 Å². The number of imidazole rings is 1. The van der Waals surface area contributed by atoms with Gasteiger partial charge < -0.3 is 10.6 Å². The Morgan fingerprint density at radius 3 is 3.04 bits per heavy atom. The molecule has 7 heteroatoms. The highest BCUT2D eigenvalue weighted by atomic mass is 32.1. The van der Waals surface area contributed by atoms with E-state index in [0.717, 1.165) is 29.7 Å². The molecule has 0 aliphatic carbocycles. The molecule has 3 aromatic heterocycles. The maximum Gasteiger partial charge on any atom is 0.193 e. The third kappa shape index (κ3) is 4.11. The van der Waals surface area contributed by atoms with Gasteiger partial charge in [-0.1, -0.05) is 6.92 Å². The van der Waals surface area contributed by atoms with Crippen LogP contribution in [0.3, 0.4) is 0 Å². The number of guanidine groups is 1. The first kappa shape index (κ1) is 16.0. The van der Waals surface area contributed by atoms with Crippen molar-refractivity contribution < 1.29 is 0 Å². The predicted octanol–water partition coefficient (Wildman–Crippen LogP) is 3.32. The van der Waals surface area contributed by atoms with Gasteiger partial charge in [-0.05, 0) is 35.2 Å². The van der Waals surface area contributed by atoms with Crippen LogP contribution in [0, 0.1) is 0 Å². The molecule has 0 aliphatic heterocycles. The molecule has 23 heavy (non-hydrogen) atoms. The van der Waals surface area contributed by atoms with Crippen LogP contribution in [0.2, 0.25) is 0 Å². The Kier molecular flexibility index (Phi) is 5.30. The Morgan fingerprint density at radius 1 is 1.39 bits per heavy atom. The van der Waals surface area contributed by atoms with E-state index in [1.54, 1.807) is 22.7 Å². The van der Waals surface area contributed by atoms with E-state index in [1.165, 1.54) is 5.56 Å². The van der Waals surface area contributed by atoms with E-state index in [-0.39, 0.29) is 0 Å². The van der Waals surface area contributed by atoms with Gasteiger partial charge in [0.2, 0.25) is 0 Å². The van der Waals surface area contributed by atoms with Gasteiger partial charge in [0.15, 0.2) is 10.9 Å². The average Bonchev–Trinajstić information content (AvgIpc) is 3.25. The zero-order chi connectivity index (χ0) is 16.1. The number of nitrogens with zero attached hydrogens (tertiary/aromatic N) is 3. The average molecular weight is 348 g/mol. The maximum atomic E-state index is 4.64. The molecule has 1 atom stereocenters. The number of thiazole rings is 1. The molecule has 0 amide bonds. The summed E-state index contributed by atoms with van der Waals surface area (Å²) in [7, 11) is 0. The quantitative estimate of drug-likeness (QED) is 0.531. The second-order valence-electron chi connectivity index (χ2n) is 5.36. The van der Waals surface area contributed by atoms with Crippen LogP contribution in [-0.4, -0.2) is 28.4 Å². The van der Waals surface area contributed by atoms with Crippen LogP contribution in [0.15, 0.2) is 39.6 Å². The number of aromatic nitrogens is 2. The Morgan fingerprint density at radius 2 is 2.30 bits per heavy atom. The van der Waals surface area contributed by atoms with Crippen molar-refractivity contribution in [3.8, 4) is 0 Å². The van der Waals surface area contributed by atoms with Crippen LogP contribution in [0.1, 0.15) is 31.0 Å². The van der Waals surface area contributed by atoms with Crippen molar-refractivity contribution in [3.63, 3.8) is 0 Å². The summed E-state index contributed by atoms with van der Waals surface area (Å²) in [6, 6.07) is 2.18. The van der Waals surface area contributed by atoms with Crippen LogP contribution >= 0.6 is 22.7 Å². The van der Waals surface area contributed by atoms with E-state index < -0.39 is 0 Å². The molecular formula is C16H21N5S2. The number of hydrogen-bond donors (Lipinski definition) is 2. The van der Waals surface area contributed by atoms with E-state index in [0.29, 0.717) is 12.5 Å². The topological polar surface area (TPSA) is 53.7 Å². The molecule has 0 bridgehead atoms. The van der Waals surface area contributed by atoms with Crippen LogP contribution in [0.25, 0.3) is 4.96 Å². The van der Waals surface area contributed by atoms with Crippen LogP contribution in [0.4, 0.5) is 0 Å². The minimum Gasteiger partial charge on any atom is -0.357 e. The lowest BCUT2D eigenvalue weighted by Crippen LogP contribution is -2.39. The third-order valence-electron chi connectivity index (χ3n) is 3.57. The number of fused-ring (bicyclic) bond motifs is 1. The lowest BCUT2D eigenvalue weighted by atomic mass is 10.1. The number of hydrogen-bond acceptors (Lipinski definition) is 4. The molecule has 2 N–H and O–H groups in total. The summed E-state index contributed by atoms with van der Waals surface area (Å²) in [6.45, 7) is 6.59. The van der Waals surface area contributed by atoms with E-state index in [2.05, 4.69) is 51.3 Å². The Labute approximate surface area is 144 Å². The number of rotatable bonds is 6. The fourth-order valence-corrected chi connectivity index (χ4v) is 3.78. The first-order chi connectivity index (χ1) is 11.3. The zero-order valence-electron chi connectivity index (χ0n) is 13.3. The maximum absolute atomic E-state index is 4.64. The van der Waals surface area contributed by atoms with Crippen molar-refractivity contribution in [3.05, 3.63) is 45.9 Å². The van der Waals surface area contributed by atoms with Gasteiger partial charge in [0.25, 0.3) is 0 Å². The molecule has 0 saturated heterocycles. The number of thiophene rings is 1. The molecule has 0 fully saturated rings. The molecule has 3 aromatic rings. The molecule has 0 aliphatic rings. The smallest absolute Gasteiger partial charge is 0.193 e. The second kappa shape index (κ2) is 7.61. The molecule has 3 heterocycles. The Balaban J connectivity index is 1.59. The van der Waals surface area contributed by atoms with Gasteiger partial charge in [-0.2, -0.15) is 11.3 Å². The molecule has 0 radical (unpaired) electrons. The van der Waals surface area contributed by atoms with E-state index in [9.17, 15) is 0 Å². The lowest BCUT2D eigenvalue weighted by molar-refractivity contribution is 0.701. The number of aliphatic imine (C=N–C) groups is 1. The molecule has 1 unspecified atom stereocenters. The fraction of sp³-hybridized carbons (Fsp3) is 0.375. The lowest BCUT2D eigenvalue weighted by Gasteiger charge is -2.15. The molecule has 0 aromatic carbocycles. The highest BCUT2D eigenvalue weighted by Crippen LogP contribution is 2.17. The first-order valence-electron chi connectivity index (χ1n) is 7.71. The SMILES string of the molecule is CCNC(=NCc1cn2ccsc2n1)NCC(C)c1ccsc1. The second-order valence-corrected chi connectivity index (χ2v) is 7.01. The van der Waals surface area contributed by atoms with Gasteiger partial charge in [-0.3, -0.25) is 4.40 Å². The Hall–Kier alpha value is -1.86. The van der Waals surface area contributed by atoms with Gasteiger partial charge in [0, 0.05) is 30.9 Å². The molecule has 122 valence electrons. The van der Waals surface area contributed by atoms with Gasteiger partial charge in [0.05, 0.1) is 12.2 Å².